The largest absolute Gasteiger partial charge is 0.494 e. The minimum atomic E-state index is 0.426. The molecule has 0 amide bonds. The van der Waals surface area contributed by atoms with Gasteiger partial charge >= 0.3 is 0 Å². The molecular formula is C15H18N4O2. The molecule has 1 aliphatic rings. The van der Waals surface area contributed by atoms with Crippen LogP contribution in [0.15, 0.2) is 30.3 Å². The Morgan fingerprint density at radius 1 is 1.24 bits per heavy atom. The van der Waals surface area contributed by atoms with E-state index in [4.69, 9.17) is 15.3 Å². The minimum Gasteiger partial charge on any atom is -0.494 e. The predicted molar refractivity (Wildman–Crippen MR) is 79.5 cm³/mol. The van der Waals surface area contributed by atoms with Crippen molar-refractivity contribution in [2.45, 2.75) is 25.7 Å². The first-order chi connectivity index (χ1) is 10.3. The van der Waals surface area contributed by atoms with Crippen molar-refractivity contribution in [3.63, 3.8) is 0 Å². The molecule has 3 rings (SSSR count). The second kappa shape index (κ2) is 5.97. The van der Waals surface area contributed by atoms with Crippen molar-refractivity contribution < 1.29 is 9.47 Å². The molecule has 1 fully saturated rings. The molecule has 0 aliphatic heterocycles. The van der Waals surface area contributed by atoms with Crippen LogP contribution in [0.1, 0.15) is 31.5 Å². The van der Waals surface area contributed by atoms with Gasteiger partial charge in [-0.1, -0.05) is 6.07 Å². The molecule has 0 spiro atoms. The summed E-state index contributed by atoms with van der Waals surface area (Å²) >= 11 is 0. The molecule has 2 aromatic rings. The Balaban J connectivity index is 1.83. The third kappa shape index (κ3) is 3.41. The smallest absolute Gasteiger partial charge is 0.224 e. The highest BCUT2D eigenvalue weighted by Crippen LogP contribution is 2.39. The lowest BCUT2D eigenvalue weighted by molar-refractivity contribution is 0.338. The molecule has 3 N–H and O–H groups in total. The van der Waals surface area contributed by atoms with Crippen LogP contribution in [0.5, 0.6) is 17.4 Å². The zero-order chi connectivity index (χ0) is 14.7. The van der Waals surface area contributed by atoms with E-state index in [0.29, 0.717) is 30.0 Å². The van der Waals surface area contributed by atoms with Crippen LogP contribution in [-0.2, 0) is 0 Å². The molecule has 0 saturated heterocycles. The number of anilines is 1. The summed E-state index contributed by atoms with van der Waals surface area (Å²) in [5.74, 6) is 9.13. The Bertz CT molecular complexity index is 629. The van der Waals surface area contributed by atoms with Gasteiger partial charge in [0.2, 0.25) is 5.88 Å². The van der Waals surface area contributed by atoms with Crippen LogP contribution >= 0.6 is 0 Å². The molecule has 1 aromatic carbocycles. The lowest BCUT2D eigenvalue weighted by Gasteiger charge is -2.10. The zero-order valence-electron chi connectivity index (χ0n) is 11.9. The van der Waals surface area contributed by atoms with E-state index in [-0.39, 0.29) is 0 Å². The SMILES string of the molecule is CCOc1cccc(Oc2cc(NN)nc(C3CC3)n2)c1. The third-order valence-corrected chi connectivity index (χ3v) is 3.15. The van der Waals surface area contributed by atoms with E-state index in [1.54, 1.807) is 6.07 Å². The number of nitrogens with one attached hydrogen (secondary N) is 1. The quantitative estimate of drug-likeness (QED) is 0.627. The van der Waals surface area contributed by atoms with Gasteiger partial charge in [-0.2, -0.15) is 4.98 Å². The molecule has 1 saturated carbocycles. The number of hydrazine groups is 1. The van der Waals surface area contributed by atoms with Gasteiger partial charge in [0, 0.05) is 18.1 Å². The first-order valence-electron chi connectivity index (χ1n) is 7.05. The number of nitrogen functional groups attached to an aromatic ring is 1. The molecule has 1 aliphatic carbocycles. The molecule has 0 unspecified atom stereocenters. The molecule has 1 heterocycles. The van der Waals surface area contributed by atoms with Gasteiger partial charge in [0.25, 0.3) is 0 Å². The average molecular weight is 286 g/mol. The molecule has 6 heteroatoms. The summed E-state index contributed by atoms with van der Waals surface area (Å²) in [6.45, 7) is 2.56. The van der Waals surface area contributed by atoms with E-state index in [1.165, 1.54) is 0 Å². The first-order valence-corrected chi connectivity index (χ1v) is 7.05. The summed E-state index contributed by atoms with van der Waals surface area (Å²) < 4.78 is 11.3. The fraction of sp³-hybridized carbons (Fsp3) is 0.333. The van der Waals surface area contributed by atoms with Crippen LogP contribution in [0.25, 0.3) is 0 Å². The Morgan fingerprint density at radius 2 is 2.05 bits per heavy atom. The number of benzene rings is 1. The van der Waals surface area contributed by atoms with Crippen molar-refractivity contribution in [3.05, 3.63) is 36.2 Å². The van der Waals surface area contributed by atoms with E-state index in [2.05, 4.69) is 15.4 Å². The van der Waals surface area contributed by atoms with Crippen molar-refractivity contribution in [1.29, 1.82) is 0 Å². The molecular weight excluding hydrogens is 268 g/mol. The Morgan fingerprint density at radius 3 is 2.76 bits per heavy atom. The zero-order valence-corrected chi connectivity index (χ0v) is 11.9. The van der Waals surface area contributed by atoms with Crippen LogP contribution in [0.3, 0.4) is 0 Å². The van der Waals surface area contributed by atoms with Crippen molar-refractivity contribution in [2.75, 3.05) is 12.0 Å². The number of aromatic nitrogens is 2. The standard InChI is InChI=1S/C15H18N4O2/c1-2-20-11-4-3-5-12(8-11)21-14-9-13(19-16)17-15(18-14)10-6-7-10/h3-5,8-10H,2,6-7,16H2,1H3,(H,17,18,19). The normalized spacial score (nSPS) is 13.8. The van der Waals surface area contributed by atoms with Crippen LogP contribution in [-0.4, -0.2) is 16.6 Å². The van der Waals surface area contributed by atoms with E-state index >= 15 is 0 Å². The van der Waals surface area contributed by atoms with Crippen LogP contribution < -0.4 is 20.7 Å². The lowest BCUT2D eigenvalue weighted by Crippen LogP contribution is -2.10. The highest BCUT2D eigenvalue weighted by atomic mass is 16.5. The van der Waals surface area contributed by atoms with E-state index < -0.39 is 0 Å². The minimum absolute atomic E-state index is 0.426. The van der Waals surface area contributed by atoms with Crippen molar-refractivity contribution >= 4 is 5.82 Å². The number of rotatable bonds is 6. The summed E-state index contributed by atoms with van der Waals surface area (Å²) in [6, 6.07) is 9.14. The molecule has 110 valence electrons. The summed E-state index contributed by atoms with van der Waals surface area (Å²) in [7, 11) is 0. The average Bonchev–Trinajstić information content (AvgIpc) is 3.32. The van der Waals surface area contributed by atoms with Gasteiger partial charge in [-0.25, -0.2) is 10.8 Å². The summed E-state index contributed by atoms with van der Waals surface area (Å²) in [5.41, 5.74) is 2.55. The molecule has 0 bridgehead atoms. The van der Waals surface area contributed by atoms with E-state index in [0.717, 1.165) is 24.4 Å². The highest BCUT2D eigenvalue weighted by molar-refractivity contribution is 5.41. The number of nitrogens with zero attached hydrogens (tertiary/aromatic N) is 2. The Kier molecular flexibility index (Phi) is 3.87. The third-order valence-electron chi connectivity index (χ3n) is 3.15. The maximum Gasteiger partial charge on any atom is 0.224 e. The Hall–Kier alpha value is -2.34. The predicted octanol–water partition coefficient (Wildman–Crippen LogP) is 2.83. The fourth-order valence-corrected chi connectivity index (χ4v) is 2.01. The summed E-state index contributed by atoms with van der Waals surface area (Å²) in [4.78, 5) is 8.80. The lowest BCUT2D eigenvalue weighted by atomic mass is 10.3. The monoisotopic (exact) mass is 286 g/mol. The van der Waals surface area contributed by atoms with Crippen molar-refractivity contribution in [1.82, 2.24) is 9.97 Å². The number of hydrogen-bond donors (Lipinski definition) is 2. The molecule has 0 radical (unpaired) electrons. The molecule has 1 aromatic heterocycles. The van der Waals surface area contributed by atoms with E-state index in [9.17, 15) is 0 Å². The van der Waals surface area contributed by atoms with Crippen LogP contribution in [0.4, 0.5) is 5.82 Å². The van der Waals surface area contributed by atoms with Crippen molar-refractivity contribution in [2.24, 2.45) is 5.84 Å². The van der Waals surface area contributed by atoms with Crippen molar-refractivity contribution in [3.8, 4) is 17.4 Å². The topological polar surface area (TPSA) is 82.3 Å². The molecule has 21 heavy (non-hydrogen) atoms. The van der Waals surface area contributed by atoms with Gasteiger partial charge in [0.1, 0.15) is 23.1 Å². The van der Waals surface area contributed by atoms with Gasteiger partial charge in [-0.05, 0) is 31.9 Å². The molecule has 6 nitrogen and oxygen atoms in total. The Labute approximate surface area is 123 Å². The summed E-state index contributed by atoms with van der Waals surface area (Å²) in [6.07, 6.45) is 2.24. The number of nitrogens with two attached hydrogens (primary N) is 1. The van der Waals surface area contributed by atoms with Gasteiger partial charge in [0.15, 0.2) is 0 Å². The first kappa shape index (κ1) is 13.6. The van der Waals surface area contributed by atoms with Gasteiger partial charge in [-0.15, -0.1) is 0 Å². The van der Waals surface area contributed by atoms with Gasteiger partial charge < -0.3 is 14.9 Å². The van der Waals surface area contributed by atoms with Crippen LogP contribution in [0, 0.1) is 0 Å². The number of hydrogen-bond acceptors (Lipinski definition) is 6. The second-order valence-corrected chi connectivity index (χ2v) is 4.88. The number of ether oxygens (including phenoxy) is 2. The maximum atomic E-state index is 5.80. The highest BCUT2D eigenvalue weighted by Gasteiger charge is 2.27. The molecule has 0 atom stereocenters. The van der Waals surface area contributed by atoms with Gasteiger partial charge in [-0.3, -0.25) is 0 Å². The van der Waals surface area contributed by atoms with Crippen LogP contribution in [0.2, 0.25) is 0 Å². The summed E-state index contributed by atoms with van der Waals surface area (Å²) in [5, 5.41) is 0. The van der Waals surface area contributed by atoms with Gasteiger partial charge in [0.05, 0.1) is 6.61 Å². The second-order valence-electron chi connectivity index (χ2n) is 4.88. The fourth-order valence-electron chi connectivity index (χ4n) is 2.01. The maximum absolute atomic E-state index is 5.80. The van der Waals surface area contributed by atoms with E-state index in [1.807, 2.05) is 31.2 Å².